The fraction of sp³-hybridized carbons (Fsp3) is 0.600. The Labute approximate surface area is 155 Å². The molecule has 1 aromatic rings. The van der Waals surface area contributed by atoms with Crippen molar-refractivity contribution in [3.8, 4) is 0 Å². The van der Waals surface area contributed by atoms with E-state index in [-0.39, 0.29) is 17.5 Å². The van der Waals surface area contributed by atoms with E-state index in [2.05, 4.69) is 5.32 Å². The van der Waals surface area contributed by atoms with Crippen molar-refractivity contribution in [2.75, 3.05) is 0 Å². The van der Waals surface area contributed by atoms with Crippen LogP contribution in [0.25, 0.3) is 0 Å². The molecule has 1 saturated carbocycles. The number of allylic oxidation sites excluding steroid dienone is 2. The van der Waals surface area contributed by atoms with Gasteiger partial charge in [-0.25, -0.2) is 0 Å². The lowest BCUT2D eigenvalue weighted by Crippen LogP contribution is -2.26. The van der Waals surface area contributed by atoms with Crippen LogP contribution in [0.5, 0.6) is 0 Å². The summed E-state index contributed by atoms with van der Waals surface area (Å²) in [6.07, 6.45) is -1.61. The van der Waals surface area contributed by atoms with E-state index < -0.39 is 29.5 Å². The minimum Gasteiger partial charge on any atom is -0.382 e. The molecule has 1 N–H and O–H groups in total. The summed E-state index contributed by atoms with van der Waals surface area (Å²) in [4.78, 5) is 0. The molecule has 1 nitrogen and oxygen atoms in total. The Kier molecular flexibility index (Phi) is 6.87. The van der Waals surface area contributed by atoms with Gasteiger partial charge in [0.25, 0.3) is 0 Å². The van der Waals surface area contributed by atoms with Crippen molar-refractivity contribution in [2.45, 2.75) is 70.8 Å². The second kappa shape index (κ2) is 8.57. The van der Waals surface area contributed by atoms with E-state index in [0.29, 0.717) is 0 Å². The molecule has 2 rings (SSSR count). The molecular formula is C20H25F6N. The zero-order valence-corrected chi connectivity index (χ0v) is 15.5. The van der Waals surface area contributed by atoms with Crippen molar-refractivity contribution in [1.82, 2.24) is 5.32 Å². The Hall–Kier alpha value is -1.66. The summed E-state index contributed by atoms with van der Waals surface area (Å²) >= 11 is 0. The SMILES string of the molecule is CCC=C(NC(C)c1cc(C(F)(F)F)cc(C(F)(F)F)c1)C1CCCCC1. The molecule has 1 aromatic carbocycles. The standard InChI is InChI=1S/C20H25F6N/c1-3-7-18(14-8-5-4-6-9-14)27-13(2)15-10-16(19(21,22)23)12-17(11-15)20(24,25)26/h7,10-14,27H,3-6,8-9H2,1-2H3. The van der Waals surface area contributed by atoms with Crippen LogP contribution in [0, 0.1) is 5.92 Å². The lowest BCUT2D eigenvalue weighted by molar-refractivity contribution is -0.143. The number of nitrogens with one attached hydrogen (secondary N) is 1. The monoisotopic (exact) mass is 393 g/mol. The highest BCUT2D eigenvalue weighted by molar-refractivity contribution is 5.35. The zero-order valence-electron chi connectivity index (χ0n) is 15.5. The molecule has 1 unspecified atom stereocenters. The minimum atomic E-state index is -4.83. The second-order valence-electron chi connectivity index (χ2n) is 7.11. The molecule has 0 bridgehead atoms. The highest BCUT2D eigenvalue weighted by Crippen LogP contribution is 2.38. The van der Waals surface area contributed by atoms with E-state index in [1.54, 1.807) is 6.92 Å². The Balaban J connectivity index is 2.33. The summed E-state index contributed by atoms with van der Waals surface area (Å²) in [5.74, 6) is 0.286. The van der Waals surface area contributed by atoms with Gasteiger partial charge in [0.1, 0.15) is 0 Å². The average molecular weight is 393 g/mol. The maximum atomic E-state index is 13.1. The summed E-state index contributed by atoms with van der Waals surface area (Å²) in [6, 6.07) is 1.11. The molecule has 0 heterocycles. The van der Waals surface area contributed by atoms with Gasteiger partial charge in [0.15, 0.2) is 0 Å². The van der Waals surface area contributed by atoms with E-state index in [0.717, 1.165) is 56.4 Å². The fourth-order valence-corrected chi connectivity index (χ4v) is 3.54. The fourth-order valence-electron chi connectivity index (χ4n) is 3.54. The third-order valence-electron chi connectivity index (χ3n) is 4.96. The first-order valence-corrected chi connectivity index (χ1v) is 9.28. The second-order valence-corrected chi connectivity index (χ2v) is 7.11. The van der Waals surface area contributed by atoms with Crippen LogP contribution in [0.3, 0.4) is 0 Å². The number of hydrogen-bond donors (Lipinski definition) is 1. The van der Waals surface area contributed by atoms with E-state index in [4.69, 9.17) is 0 Å². The van der Waals surface area contributed by atoms with Crippen LogP contribution in [0.15, 0.2) is 30.0 Å². The molecule has 0 amide bonds. The minimum absolute atomic E-state index is 0.0186. The molecule has 27 heavy (non-hydrogen) atoms. The normalized spacial score (nSPS) is 18.4. The first kappa shape index (κ1) is 21.6. The molecule has 0 radical (unpaired) electrons. The molecule has 0 spiro atoms. The predicted molar refractivity (Wildman–Crippen MR) is 92.9 cm³/mol. The van der Waals surface area contributed by atoms with Crippen LogP contribution in [-0.4, -0.2) is 0 Å². The molecule has 7 heteroatoms. The topological polar surface area (TPSA) is 12.0 Å². The molecule has 152 valence electrons. The largest absolute Gasteiger partial charge is 0.416 e. The quantitative estimate of drug-likeness (QED) is 0.520. The maximum Gasteiger partial charge on any atom is 0.416 e. The molecule has 1 fully saturated rings. The van der Waals surface area contributed by atoms with E-state index >= 15 is 0 Å². The number of benzene rings is 1. The van der Waals surface area contributed by atoms with Gasteiger partial charge in [-0.3, -0.25) is 0 Å². The molecule has 0 saturated heterocycles. The smallest absolute Gasteiger partial charge is 0.382 e. The summed E-state index contributed by atoms with van der Waals surface area (Å²) in [6.45, 7) is 3.56. The summed E-state index contributed by atoms with van der Waals surface area (Å²) in [7, 11) is 0. The van der Waals surface area contributed by atoms with Gasteiger partial charge in [0, 0.05) is 11.7 Å². The Bertz CT molecular complexity index is 621. The highest BCUT2D eigenvalue weighted by atomic mass is 19.4. The van der Waals surface area contributed by atoms with Crippen LogP contribution in [-0.2, 0) is 12.4 Å². The van der Waals surface area contributed by atoms with E-state index in [1.807, 2.05) is 13.0 Å². The zero-order chi connectivity index (χ0) is 20.2. The Morgan fingerprint density at radius 1 is 1.00 bits per heavy atom. The predicted octanol–water partition coefficient (Wildman–Crippen LogP) is 7.25. The van der Waals surface area contributed by atoms with Gasteiger partial charge in [0.05, 0.1) is 11.1 Å². The first-order chi connectivity index (χ1) is 12.5. The van der Waals surface area contributed by atoms with E-state index in [1.165, 1.54) is 0 Å². The van der Waals surface area contributed by atoms with Crippen molar-refractivity contribution in [1.29, 1.82) is 0 Å². The van der Waals surface area contributed by atoms with Gasteiger partial charge in [-0.2, -0.15) is 26.3 Å². The van der Waals surface area contributed by atoms with Gasteiger partial charge in [-0.15, -0.1) is 0 Å². The van der Waals surface area contributed by atoms with Gasteiger partial charge >= 0.3 is 12.4 Å². The number of rotatable bonds is 5. The van der Waals surface area contributed by atoms with Crippen LogP contribution in [0.2, 0.25) is 0 Å². The van der Waals surface area contributed by atoms with Crippen molar-refractivity contribution in [3.05, 3.63) is 46.7 Å². The van der Waals surface area contributed by atoms with Gasteiger partial charge in [0.2, 0.25) is 0 Å². The van der Waals surface area contributed by atoms with Crippen LogP contribution >= 0.6 is 0 Å². The number of halogens is 6. The average Bonchev–Trinajstić information content (AvgIpc) is 2.60. The number of hydrogen-bond acceptors (Lipinski definition) is 1. The lowest BCUT2D eigenvalue weighted by Gasteiger charge is -2.29. The molecule has 1 aliphatic carbocycles. The summed E-state index contributed by atoms with van der Waals surface area (Å²) in [5.41, 5.74) is -1.65. The Morgan fingerprint density at radius 2 is 1.52 bits per heavy atom. The highest BCUT2D eigenvalue weighted by Gasteiger charge is 2.37. The van der Waals surface area contributed by atoms with Gasteiger partial charge in [-0.1, -0.05) is 32.3 Å². The molecule has 1 aliphatic rings. The van der Waals surface area contributed by atoms with Crippen LogP contribution in [0.4, 0.5) is 26.3 Å². The summed E-state index contributed by atoms with van der Waals surface area (Å²) < 4.78 is 78.4. The van der Waals surface area contributed by atoms with E-state index in [9.17, 15) is 26.3 Å². The van der Waals surface area contributed by atoms with Gasteiger partial charge in [-0.05, 0) is 55.9 Å². The van der Waals surface area contributed by atoms with Crippen molar-refractivity contribution < 1.29 is 26.3 Å². The summed E-state index contributed by atoms with van der Waals surface area (Å²) in [5, 5.41) is 3.19. The van der Waals surface area contributed by atoms with Crippen LogP contribution in [0.1, 0.15) is 75.1 Å². The third kappa shape index (κ3) is 5.91. The molecular weight excluding hydrogens is 368 g/mol. The molecule has 1 atom stereocenters. The third-order valence-corrected chi connectivity index (χ3v) is 4.96. The maximum absolute atomic E-state index is 13.1. The number of alkyl halides is 6. The van der Waals surface area contributed by atoms with Crippen molar-refractivity contribution >= 4 is 0 Å². The van der Waals surface area contributed by atoms with Crippen molar-refractivity contribution in [3.63, 3.8) is 0 Å². The van der Waals surface area contributed by atoms with Gasteiger partial charge < -0.3 is 5.32 Å². The lowest BCUT2D eigenvalue weighted by atomic mass is 9.86. The van der Waals surface area contributed by atoms with Crippen LogP contribution < -0.4 is 5.32 Å². The molecule has 0 aromatic heterocycles. The van der Waals surface area contributed by atoms with Crippen molar-refractivity contribution in [2.24, 2.45) is 5.92 Å². The first-order valence-electron chi connectivity index (χ1n) is 9.28. The Morgan fingerprint density at radius 3 is 1.96 bits per heavy atom. The molecule has 0 aliphatic heterocycles.